The van der Waals surface area contributed by atoms with Crippen LogP contribution in [0.25, 0.3) is 0 Å². The Balaban J connectivity index is 2.30. The van der Waals surface area contributed by atoms with Crippen LogP contribution in [-0.4, -0.2) is 6.10 Å². The first-order valence-electron chi connectivity index (χ1n) is 5.59. The molecule has 1 heterocycles. The predicted molar refractivity (Wildman–Crippen MR) is 58.9 cm³/mol. The Morgan fingerprint density at radius 3 is 2.86 bits per heavy atom. The number of hydrogen-bond donors (Lipinski definition) is 0. The zero-order valence-electron chi connectivity index (χ0n) is 9.63. The number of allylic oxidation sites excluding steroid dienone is 3. The molecule has 0 radical (unpaired) electrons. The minimum absolute atomic E-state index is 0.359. The maximum absolute atomic E-state index is 5.86. The van der Waals surface area contributed by atoms with E-state index in [-0.39, 0.29) is 0 Å². The van der Waals surface area contributed by atoms with Crippen LogP contribution in [0.1, 0.15) is 40.5 Å². The molecule has 0 saturated heterocycles. The third-order valence-corrected chi connectivity index (χ3v) is 3.29. The van der Waals surface area contributed by atoms with Gasteiger partial charge in [-0.25, -0.2) is 0 Å². The van der Waals surface area contributed by atoms with Gasteiger partial charge in [-0.2, -0.15) is 0 Å². The first-order chi connectivity index (χ1) is 6.52. The number of rotatable bonds is 1. The standard InChI is InChI=1S/C13H20O/c1-5-12-11-8-13(3,4)7-10(11)6-9(2)14-12/h6-7,11-12H,5,8H2,1-4H3. The third-order valence-electron chi connectivity index (χ3n) is 3.29. The smallest absolute Gasteiger partial charge is 0.105 e. The van der Waals surface area contributed by atoms with Crippen LogP contribution < -0.4 is 0 Å². The van der Waals surface area contributed by atoms with Crippen LogP contribution in [0.3, 0.4) is 0 Å². The van der Waals surface area contributed by atoms with Gasteiger partial charge < -0.3 is 4.74 Å². The lowest BCUT2D eigenvalue weighted by molar-refractivity contribution is 0.0592. The monoisotopic (exact) mass is 192 g/mol. The van der Waals surface area contributed by atoms with E-state index < -0.39 is 0 Å². The molecule has 1 aliphatic carbocycles. The van der Waals surface area contributed by atoms with E-state index >= 15 is 0 Å². The van der Waals surface area contributed by atoms with Crippen molar-refractivity contribution >= 4 is 0 Å². The average molecular weight is 192 g/mol. The van der Waals surface area contributed by atoms with Gasteiger partial charge in [0.25, 0.3) is 0 Å². The van der Waals surface area contributed by atoms with Gasteiger partial charge in [0.15, 0.2) is 0 Å². The van der Waals surface area contributed by atoms with Gasteiger partial charge in [0.2, 0.25) is 0 Å². The van der Waals surface area contributed by atoms with E-state index in [0.717, 1.165) is 12.2 Å². The van der Waals surface area contributed by atoms with Crippen molar-refractivity contribution in [3.63, 3.8) is 0 Å². The summed E-state index contributed by atoms with van der Waals surface area (Å²) in [5, 5.41) is 0. The van der Waals surface area contributed by atoms with Gasteiger partial charge in [0.1, 0.15) is 6.10 Å². The minimum atomic E-state index is 0.359. The summed E-state index contributed by atoms with van der Waals surface area (Å²) in [5.41, 5.74) is 1.86. The van der Waals surface area contributed by atoms with Gasteiger partial charge in [-0.3, -0.25) is 0 Å². The van der Waals surface area contributed by atoms with Gasteiger partial charge in [-0.05, 0) is 36.8 Å². The molecule has 14 heavy (non-hydrogen) atoms. The summed E-state index contributed by atoms with van der Waals surface area (Å²) in [6.07, 6.45) is 7.40. The summed E-state index contributed by atoms with van der Waals surface area (Å²) in [6, 6.07) is 0. The molecule has 2 unspecified atom stereocenters. The first-order valence-corrected chi connectivity index (χ1v) is 5.59. The highest BCUT2D eigenvalue weighted by atomic mass is 16.5. The normalized spacial score (nSPS) is 34.3. The van der Waals surface area contributed by atoms with Gasteiger partial charge in [-0.1, -0.05) is 26.8 Å². The Morgan fingerprint density at radius 1 is 1.50 bits per heavy atom. The summed E-state index contributed by atoms with van der Waals surface area (Å²) in [6.45, 7) is 8.90. The van der Waals surface area contributed by atoms with Crippen molar-refractivity contribution in [2.45, 2.75) is 46.6 Å². The molecule has 0 N–H and O–H groups in total. The van der Waals surface area contributed by atoms with Crippen molar-refractivity contribution in [3.8, 4) is 0 Å². The van der Waals surface area contributed by atoms with Crippen LogP contribution in [0.2, 0.25) is 0 Å². The summed E-state index contributed by atoms with van der Waals surface area (Å²) in [7, 11) is 0. The summed E-state index contributed by atoms with van der Waals surface area (Å²) >= 11 is 0. The molecule has 0 saturated carbocycles. The minimum Gasteiger partial charge on any atom is -0.494 e. The average Bonchev–Trinajstić information content (AvgIpc) is 2.37. The van der Waals surface area contributed by atoms with Crippen LogP contribution in [-0.2, 0) is 4.74 Å². The molecule has 0 spiro atoms. The molecule has 2 rings (SSSR count). The second-order valence-electron chi connectivity index (χ2n) is 5.26. The van der Waals surface area contributed by atoms with E-state index in [1.54, 1.807) is 0 Å². The largest absolute Gasteiger partial charge is 0.494 e. The van der Waals surface area contributed by atoms with E-state index in [0.29, 0.717) is 17.4 Å². The predicted octanol–water partition coefficient (Wildman–Crippen LogP) is 3.67. The van der Waals surface area contributed by atoms with Crippen LogP contribution in [0.15, 0.2) is 23.5 Å². The molecule has 78 valence electrons. The topological polar surface area (TPSA) is 9.23 Å². The van der Waals surface area contributed by atoms with Crippen LogP contribution in [0, 0.1) is 11.3 Å². The molecule has 0 aromatic carbocycles. The van der Waals surface area contributed by atoms with Crippen molar-refractivity contribution in [1.29, 1.82) is 0 Å². The Kier molecular flexibility index (Phi) is 2.21. The molecule has 0 aromatic rings. The molecular formula is C13H20O. The highest BCUT2D eigenvalue weighted by Gasteiger charge is 2.38. The Labute approximate surface area is 86.8 Å². The fourth-order valence-electron chi connectivity index (χ4n) is 2.75. The third kappa shape index (κ3) is 1.60. The molecule has 1 nitrogen and oxygen atoms in total. The Hall–Kier alpha value is -0.720. The van der Waals surface area contributed by atoms with Gasteiger partial charge in [0.05, 0.1) is 5.76 Å². The lowest BCUT2D eigenvalue weighted by Gasteiger charge is -2.31. The van der Waals surface area contributed by atoms with Crippen molar-refractivity contribution in [2.75, 3.05) is 0 Å². The van der Waals surface area contributed by atoms with Crippen LogP contribution >= 0.6 is 0 Å². The maximum Gasteiger partial charge on any atom is 0.105 e. The number of ether oxygens (including phenoxy) is 1. The van der Waals surface area contributed by atoms with Crippen molar-refractivity contribution in [2.24, 2.45) is 11.3 Å². The van der Waals surface area contributed by atoms with E-state index in [9.17, 15) is 0 Å². The van der Waals surface area contributed by atoms with Gasteiger partial charge in [0, 0.05) is 5.92 Å². The van der Waals surface area contributed by atoms with E-state index in [1.807, 2.05) is 0 Å². The second kappa shape index (κ2) is 3.15. The Morgan fingerprint density at radius 2 is 2.21 bits per heavy atom. The van der Waals surface area contributed by atoms with Crippen LogP contribution in [0.4, 0.5) is 0 Å². The molecule has 1 heteroatoms. The fraction of sp³-hybridized carbons (Fsp3) is 0.692. The lowest BCUT2D eigenvalue weighted by Crippen LogP contribution is -2.26. The van der Waals surface area contributed by atoms with Crippen molar-refractivity contribution in [3.05, 3.63) is 23.5 Å². The molecule has 2 aliphatic rings. The Bertz CT molecular complexity index is 296. The lowest BCUT2D eigenvalue weighted by atomic mass is 9.85. The summed E-state index contributed by atoms with van der Waals surface area (Å²) in [4.78, 5) is 0. The SMILES string of the molecule is CCC1OC(C)=CC2=CC(C)(C)CC21. The molecule has 0 aromatic heterocycles. The highest BCUT2D eigenvalue weighted by Crippen LogP contribution is 2.45. The van der Waals surface area contributed by atoms with Crippen molar-refractivity contribution < 1.29 is 4.74 Å². The van der Waals surface area contributed by atoms with Gasteiger partial charge in [-0.15, -0.1) is 0 Å². The molecule has 2 atom stereocenters. The number of hydrogen-bond acceptors (Lipinski definition) is 1. The van der Waals surface area contributed by atoms with E-state index in [1.165, 1.54) is 12.0 Å². The zero-order chi connectivity index (χ0) is 10.3. The highest BCUT2D eigenvalue weighted by molar-refractivity contribution is 5.33. The summed E-state index contributed by atoms with van der Waals surface area (Å²) in [5.74, 6) is 1.72. The molecule has 0 fully saturated rings. The second-order valence-corrected chi connectivity index (χ2v) is 5.26. The fourth-order valence-corrected chi connectivity index (χ4v) is 2.75. The zero-order valence-corrected chi connectivity index (χ0v) is 9.63. The van der Waals surface area contributed by atoms with E-state index in [2.05, 4.69) is 39.8 Å². The molecule has 0 amide bonds. The van der Waals surface area contributed by atoms with Gasteiger partial charge >= 0.3 is 0 Å². The molecular weight excluding hydrogens is 172 g/mol. The number of fused-ring (bicyclic) bond motifs is 1. The van der Waals surface area contributed by atoms with E-state index in [4.69, 9.17) is 4.74 Å². The first kappa shape index (κ1) is 9.82. The molecule has 0 bridgehead atoms. The van der Waals surface area contributed by atoms with Crippen molar-refractivity contribution in [1.82, 2.24) is 0 Å². The quantitative estimate of drug-likeness (QED) is 0.616. The maximum atomic E-state index is 5.86. The molecule has 1 aliphatic heterocycles. The summed E-state index contributed by atoms with van der Waals surface area (Å²) < 4.78 is 5.86. The van der Waals surface area contributed by atoms with Crippen LogP contribution in [0.5, 0.6) is 0 Å².